The molecule has 2 rings (SSSR count). The van der Waals surface area contributed by atoms with Crippen molar-refractivity contribution in [1.29, 1.82) is 0 Å². The zero-order chi connectivity index (χ0) is 15.4. The Morgan fingerprint density at radius 3 is 2.62 bits per heavy atom. The van der Waals surface area contributed by atoms with E-state index in [2.05, 4.69) is 36.5 Å². The van der Waals surface area contributed by atoms with Crippen LogP contribution in [0.2, 0.25) is 0 Å². The van der Waals surface area contributed by atoms with E-state index >= 15 is 0 Å². The summed E-state index contributed by atoms with van der Waals surface area (Å²) >= 11 is 0. The summed E-state index contributed by atoms with van der Waals surface area (Å²) in [5.74, 6) is -0.111. The monoisotopic (exact) mass is 288 g/mol. The minimum absolute atomic E-state index is 0.00353. The number of aryl methyl sites for hydroxylation is 1. The molecule has 1 N–H and O–H groups in total. The molecule has 1 aromatic carbocycles. The average Bonchev–Trinajstić information content (AvgIpc) is 2.79. The second kappa shape index (κ2) is 6.74. The Labute approximate surface area is 126 Å². The molecule has 114 valence electrons. The van der Waals surface area contributed by atoms with Gasteiger partial charge in [-0.15, -0.1) is 0 Å². The third kappa shape index (κ3) is 4.31. The summed E-state index contributed by atoms with van der Waals surface area (Å²) < 4.78 is 0. The van der Waals surface area contributed by atoms with E-state index < -0.39 is 0 Å². The Balaban J connectivity index is 1.86. The van der Waals surface area contributed by atoms with Crippen molar-refractivity contribution in [3.63, 3.8) is 0 Å². The number of likely N-dealkylation sites (tertiary alicyclic amines) is 1. The zero-order valence-electron chi connectivity index (χ0n) is 13.1. The summed E-state index contributed by atoms with van der Waals surface area (Å²) in [6.07, 6.45) is 1.18. The number of hydrogen-bond donors (Lipinski definition) is 1. The van der Waals surface area contributed by atoms with E-state index in [1.54, 1.807) is 0 Å². The van der Waals surface area contributed by atoms with Crippen molar-refractivity contribution in [1.82, 2.24) is 10.2 Å². The van der Waals surface area contributed by atoms with Crippen LogP contribution in [0.1, 0.15) is 31.4 Å². The normalized spacial score (nSPS) is 18.4. The van der Waals surface area contributed by atoms with Gasteiger partial charge in [0.15, 0.2) is 0 Å². The van der Waals surface area contributed by atoms with Crippen LogP contribution in [0, 0.1) is 12.8 Å². The molecule has 1 aromatic rings. The fourth-order valence-electron chi connectivity index (χ4n) is 2.59. The van der Waals surface area contributed by atoms with Crippen LogP contribution < -0.4 is 5.32 Å². The lowest BCUT2D eigenvalue weighted by molar-refractivity contribution is -0.129. The molecule has 0 aliphatic carbocycles. The standard InChI is InChI=1S/C17H24N2O2/c1-12(2)18-17(21)15-10-16(20)19(11-15)9-8-14-6-4-13(3)5-7-14/h4-7,12,15H,8-11H2,1-3H3,(H,18,21). The maximum Gasteiger partial charge on any atom is 0.225 e. The lowest BCUT2D eigenvalue weighted by Gasteiger charge is -2.17. The Bertz CT molecular complexity index is 508. The molecule has 0 aromatic heterocycles. The molecule has 1 saturated heterocycles. The molecule has 0 saturated carbocycles. The first-order chi connectivity index (χ1) is 9.95. The van der Waals surface area contributed by atoms with E-state index in [4.69, 9.17) is 0 Å². The molecule has 4 nitrogen and oxygen atoms in total. The van der Waals surface area contributed by atoms with E-state index in [1.165, 1.54) is 11.1 Å². The number of hydrogen-bond acceptors (Lipinski definition) is 2. The van der Waals surface area contributed by atoms with Crippen LogP contribution in [-0.2, 0) is 16.0 Å². The number of nitrogens with one attached hydrogen (secondary N) is 1. The molecule has 1 unspecified atom stereocenters. The van der Waals surface area contributed by atoms with Gasteiger partial charge in [-0.1, -0.05) is 29.8 Å². The number of carbonyl (C=O) groups excluding carboxylic acids is 2. The van der Waals surface area contributed by atoms with Gasteiger partial charge in [-0.3, -0.25) is 9.59 Å². The van der Waals surface area contributed by atoms with E-state index in [0.29, 0.717) is 19.5 Å². The molecule has 1 fully saturated rings. The van der Waals surface area contributed by atoms with E-state index in [-0.39, 0.29) is 23.8 Å². The molecule has 1 aliphatic heterocycles. The Kier molecular flexibility index (Phi) is 4.99. The fraction of sp³-hybridized carbons (Fsp3) is 0.529. The van der Waals surface area contributed by atoms with Crippen molar-refractivity contribution >= 4 is 11.8 Å². The van der Waals surface area contributed by atoms with Gasteiger partial charge in [0.2, 0.25) is 11.8 Å². The third-order valence-corrected chi connectivity index (χ3v) is 3.81. The van der Waals surface area contributed by atoms with Gasteiger partial charge in [-0.05, 0) is 32.8 Å². The lowest BCUT2D eigenvalue weighted by atomic mass is 10.1. The fourth-order valence-corrected chi connectivity index (χ4v) is 2.59. The number of benzene rings is 1. The van der Waals surface area contributed by atoms with Gasteiger partial charge in [-0.25, -0.2) is 0 Å². The SMILES string of the molecule is Cc1ccc(CCN2CC(C(=O)NC(C)C)CC2=O)cc1. The molecular formula is C17H24N2O2. The molecule has 0 bridgehead atoms. The summed E-state index contributed by atoms with van der Waals surface area (Å²) in [7, 11) is 0. The van der Waals surface area contributed by atoms with Crippen LogP contribution in [-0.4, -0.2) is 35.8 Å². The minimum atomic E-state index is -0.196. The molecular weight excluding hydrogens is 264 g/mol. The number of nitrogens with zero attached hydrogens (tertiary/aromatic N) is 1. The summed E-state index contributed by atoms with van der Waals surface area (Å²) in [6, 6.07) is 8.48. The van der Waals surface area contributed by atoms with Crippen LogP contribution in [0.15, 0.2) is 24.3 Å². The number of carbonyl (C=O) groups is 2. The topological polar surface area (TPSA) is 49.4 Å². The summed E-state index contributed by atoms with van der Waals surface area (Å²) in [5.41, 5.74) is 2.46. The Morgan fingerprint density at radius 2 is 2.00 bits per heavy atom. The quantitative estimate of drug-likeness (QED) is 0.900. The number of rotatable bonds is 5. The first-order valence-corrected chi connectivity index (χ1v) is 7.59. The van der Waals surface area contributed by atoms with Gasteiger partial charge in [0.25, 0.3) is 0 Å². The highest BCUT2D eigenvalue weighted by atomic mass is 16.2. The van der Waals surface area contributed by atoms with Crippen molar-refractivity contribution in [2.45, 2.75) is 39.7 Å². The molecule has 21 heavy (non-hydrogen) atoms. The van der Waals surface area contributed by atoms with Crippen molar-refractivity contribution in [2.75, 3.05) is 13.1 Å². The maximum atomic E-state index is 12.0. The van der Waals surface area contributed by atoms with Gasteiger partial charge in [0.1, 0.15) is 0 Å². The van der Waals surface area contributed by atoms with Crippen LogP contribution >= 0.6 is 0 Å². The third-order valence-electron chi connectivity index (χ3n) is 3.81. The second-order valence-electron chi connectivity index (χ2n) is 6.14. The van der Waals surface area contributed by atoms with Gasteiger partial charge in [-0.2, -0.15) is 0 Å². The molecule has 0 radical (unpaired) electrons. The van der Waals surface area contributed by atoms with Crippen LogP contribution in [0.5, 0.6) is 0 Å². The lowest BCUT2D eigenvalue weighted by Crippen LogP contribution is -2.37. The van der Waals surface area contributed by atoms with Gasteiger partial charge in [0, 0.05) is 25.6 Å². The van der Waals surface area contributed by atoms with Crippen LogP contribution in [0.25, 0.3) is 0 Å². The number of amides is 2. The van der Waals surface area contributed by atoms with E-state index in [0.717, 1.165) is 6.42 Å². The van der Waals surface area contributed by atoms with Crippen molar-refractivity contribution in [3.05, 3.63) is 35.4 Å². The van der Waals surface area contributed by atoms with Crippen molar-refractivity contribution in [2.24, 2.45) is 5.92 Å². The molecule has 1 atom stereocenters. The van der Waals surface area contributed by atoms with E-state index in [1.807, 2.05) is 18.7 Å². The zero-order valence-corrected chi connectivity index (χ0v) is 13.1. The molecule has 4 heteroatoms. The van der Waals surface area contributed by atoms with Gasteiger partial charge < -0.3 is 10.2 Å². The minimum Gasteiger partial charge on any atom is -0.354 e. The molecule has 2 amide bonds. The predicted octanol–water partition coefficient (Wildman–Crippen LogP) is 1.91. The van der Waals surface area contributed by atoms with Crippen molar-refractivity contribution < 1.29 is 9.59 Å². The smallest absolute Gasteiger partial charge is 0.225 e. The second-order valence-corrected chi connectivity index (χ2v) is 6.14. The van der Waals surface area contributed by atoms with Crippen molar-refractivity contribution in [3.8, 4) is 0 Å². The molecule has 1 aliphatic rings. The van der Waals surface area contributed by atoms with E-state index in [9.17, 15) is 9.59 Å². The Morgan fingerprint density at radius 1 is 1.33 bits per heavy atom. The summed E-state index contributed by atoms with van der Waals surface area (Å²) in [5, 5.41) is 2.89. The largest absolute Gasteiger partial charge is 0.354 e. The summed E-state index contributed by atoms with van der Waals surface area (Å²) in [4.78, 5) is 25.8. The highest BCUT2D eigenvalue weighted by molar-refractivity contribution is 5.89. The van der Waals surface area contributed by atoms with Gasteiger partial charge >= 0.3 is 0 Å². The highest BCUT2D eigenvalue weighted by Crippen LogP contribution is 2.18. The van der Waals surface area contributed by atoms with Gasteiger partial charge in [0.05, 0.1) is 5.92 Å². The highest BCUT2D eigenvalue weighted by Gasteiger charge is 2.33. The summed E-state index contributed by atoms with van der Waals surface area (Å²) in [6.45, 7) is 7.16. The van der Waals surface area contributed by atoms with Crippen LogP contribution in [0.4, 0.5) is 0 Å². The molecule has 1 heterocycles. The maximum absolute atomic E-state index is 12.0. The molecule has 0 spiro atoms. The predicted molar refractivity (Wildman–Crippen MR) is 82.8 cm³/mol. The first kappa shape index (κ1) is 15.5. The van der Waals surface area contributed by atoms with Crippen LogP contribution in [0.3, 0.4) is 0 Å². The first-order valence-electron chi connectivity index (χ1n) is 7.59. The Hall–Kier alpha value is -1.84. The average molecular weight is 288 g/mol.